The number of nitrogens with zero attached hydrogens (tertiary/aromatic N) is 5. The number of hydrogen-bond donors (Lipinski definition) is 2. The third kappa shape index (κ3) is 6.44. The Morgan fingerprint density at radius 3 is 2.55 bits per heavy atom. The van der Waals surface area contributed by atoms with Crippen LogP contribution in [0, 0.1) is 17.2 Å². The summed E-state index contributed by atoms with van der Waals surface area (Å²) in [7, 11) is 0. The number of pyridine rings is 1. The molecule has 0 aliphatic carbocycles. The highest BCUT2D eigenvalue weighted by Gasteiger charge is 2.27. The van der Waals surface area contributed by atoms with E-state index in [9.17, 15) is 4.79 Å². The molecule has 164 valence electrons. The minimum Gasteiger partial charge on any atom is -0.491 e. The summed E-state index contributed by atoms with van der Waals surface area (Å²) >= 11 is 0. The van der Waals surface area contributed by atoms with Crippen LogP contribution in [-0.4, -0.2) is 51.2 Å². The zero-order valence-corrected chi connectivity index (χ0v) is 18.0. The molecule has 1 amide bonds. The number of aromatic nitrogens is 3. The predicted octanol–water partition coefficient (Wildman–Crippen LogP) is 3.09. The van der Waals surface area contributed by atoms with Gasteiger partial charge < -0.3 is 25.4 Å². The maximum atomic E-state index is 12.2. The van der Waals surface area contributed by atoms with Gasteiger partial charge in [0.05, 0.1) is 30.9 Å². The van der Waals surface area contributed by atoms with E-state index >= 15 is 0 Å². The second-order valence-corrected chi connectivity index (χ2v) is 8.35. The SMILES string of the molecule is CC(C)(C)OC(=O)N1CCC(COc2cc(Nc3cnc(C#N)cn3)ncc2N)CC1. The van der Waals surface area contributed by atoms with Gasteiger partial charge in [0, 0.05) is 19.2 Å². The molecule has 1 fully saturated rings. The van der Waals surface area contributed by atoms with Gasteiger partial charge in [-0.1, -0.05) is 0 Å². The molecule has 2 aromatic heterocycles. The molecule has 0 radical (unpaired) electrons. The highest BCUT2D eigenvalue weighted by molar-refractivity contribution is 5.68. The Bertz CT molecular complexity index is 943. The van der Waals surface area contributed by atoms with Crippen LogP contribution in [0.25, 0.3) is 0 Å². The summed E-state index contributed by atoms with van der Waals surface area (Å²) in [6.45, 7) is 7.36. The molecule has 1 aliphatic heterocycles. The lowest BCUT2D eigenvalue weighted by Crippen LogP contribution is -2.42. The third-order valence-electron chi connectivity index (χ3n) is 4.66. The molecule has 0 unspecified atom stereocenters. The van der Waals surface area contributed by atoms with Crippen molar-refractivity contribution in [2.45, 2.75) is 39.2 Å². The fourth-order valence-electron chi connectivity index (χ4n) is 3.04. The monoisotopic (exact) mass is 425 g/mol. The number of nitrogen functional groups attached to an aromatic ring is 1. The first kappa shape index (κ1) is 22.1. The molecule has 1 aliphatic rings. The molecule has 0 spiro atoms. The van der Waals surface area contributed by atoms with E-state index in [2.05, 4.69) is 20.3 Å². The lowest BCUT2D eigenvalue weighted by Gasteiger charge is -2.33. The van der Waals surface area contributed by atoms with Gasteiger partial charge in [-0.25, -0.2) is 19.7 Å². The molecular weight excluding hydrogens is 398 g/mol. The maximum Gasteiger partial charge on any atom is 0.410 e. The predicted molar refractivity (Wildman–Crippen MR) is 115 cm³/mol. The Kier molecular flexibility index (Phi) is 6.74. The van der Waals surface area contributed by atoms with E-state index in [4.69, 9.17) is 20.5 Å². The topological polar surface area (TPSA) is 139 Å². The number of rotatable bonds is 5. The first-order valence-corrected chi connectivity index (χ1v) is 10.1. The molecule has 10 nitrogen and oxygen atoms in total. The molecule has 3 rings (SSSR count). The third-order valence-corrected chi connectivity index (χ3v) is 4.66. The van der Waals surface area contributed by atoms with Crippen LogP contribution >= 0.6 is 0 Å². The van der Waals surface area contributed by atoms with E-state index in [0.717, 1.165) is 12.8 Å². The Hall–Kier alpha value is -3.61. The first-order chi connectivity index (χ1) is 14.7. The van der Waals surface area contributed by atoms with Crippen molar-refractivity contribution in [3.63, 3.8) is 0 Å². The van der Waals surface area contributed by atoms with Crippen molar-refractivity contribution in [3.8, 4) is 11.8 Å². The molecule has 31 heavy (non-hydrogen) atoms. The largest absolute Gasteiger partial charge is 0.491 e. The van der Waals surface area contributed by atoms with E-state index in [1.165, 1.54) is 18.6 Å². The number of nitriles is 1. The van der Waals surface area contributed by atoms with Crippen molar-refractivity contribution in [1.82, 2.24) is 19.9 Å². The lowest BCUT2D eigenvalue weighted by atomic mass is 9.98. The zero-order valence-electron chi connectivity index (χ0n) is 18.0. The summed E-state index contributed by atoms with van der Waals surface area (Å²) in [6, 6.07) is 3.62. The van der Waals surface area contributed by atoms with Gasteiger partial charge in [0.25, 0.3) is 0 Å². The minimum atomic E-state index is -0.495. The average molecular weight is 425 g/mol. The summed E-state index contributed by atoms with van der Waals surface area (Å²) in [5.41, 5.74) is 6.18. The fraction of sp³-hybridized carbons (Fsp3) is 0.476. The van der Waals surface area contributed by atoms with Gasteiger partial charge in [0.15, 0.2) is 5.69 Å². The number of carbonyl (C=O) groups excluding carboxylic acids is 1. The molecule has 2 aromatic rings. The average Bonchev–Trinajstić information content (AvgIpc) is 2.74. The Labute approximate surface area is 181 Å². The van der Waals surface area contributed by atoms with E-state index in [1.54, 1.807) is 11.0 Å². The molecule has 1 saturated heterocycles. The smallest absolute Gasteiger partial charge is 0.410 e. The van der Waals surface area contributed by atoms with Crippen LogP contribution in [0.5, 0.6) is 5.75 Å². The molecule has 0 saturated carbocycles. The number of ether oxygens (including phenoxy) is 2. The van der Waals surface area contributed by atoms with Gasteiger partial charge in [-0.2, -0.15) is 5.26 Å². The van der Waals surface area contributed by atoms with Gasteiger partial charge in [0.1, 0.15) is 29.1 Å². The summed E-state index contributed by atoms with van der Waals surface area (Å²) in [5, 5.41) is 11.8. The van der Waals surface area contributed by atoms with Crippen molar-refractivity contribution < 1.29 is 14.3 Å². The van der Waals surface area contributed by atoms with Crippen LogP contribution in [0.3, 0.4) is 0 Å². The summed E-state index contributed by atoms with van der Waals surface area (Å²) in [4.78, 5) is 26.2. The number of hydrogen-bond acceptors (Lipinski definition) is 9. The summed E-state index contributed by atoms with van der Waals surface area (Å²) < 4.78 is 11.4. The van der Waals surface area contributed by atoms with Crippen molar-refractivity contribution in [1.29, 1.82) is 5.26 Å². The number of amides is 1. The van der Waals surface area contributed by atoms with Crippen LogP contribution in [0.4, 0.5) is 22.1 Å². The minimum absolute atomic E-state index is 0.234. The summed E-state index contributed by atoms with van der Waals surface area (Å²) in [5.74, 6) is 1.79. The van der Waals surface area contributed by atoms with E-state index < -0.39 is 5.60 Å². The maximum absolute atomic E-state index is 12.2. The van der Waals surface area contributed by atoms with Crippen LogP contribution in [0.1, 0.15) is 39.3 Å². The number of likely N-dealkylation sites (tertiary alicyclic amines) is 1. The van der Waals surface area contributed by atoms with Crippen LogP contribution in [0.15, 0.2) is 24.7 Å². The van der Waals surface area contributed by atoms with Gasteiger partial charge in [0.2, 0.25) is 0 Å². The van der Waals surface area contributed by atoms with Crippen LogP contribution in [-0.2, 0) is 4.74 Å². The normalized spacial score (nSPS) is 14.6. The highest BCUT2D eigenvalue weighted by Crippen LogP contribution is 2.27. The number of nitrogens with two attached hydrogens (primary N) is 1. The number of nitrogens with one attached hydrogen (secondary N) is 1. The molecular formula is C21H27N7O3. The molecule has 0 aromatic carbocycles. The molecule has 0 bridgehead atoms. The number of piperidine rings is 1. The first-order valence-electron chi connectivity index (χ1n) is 10.1. The van der Waals surface area contributed by atoms with Crippen molar-refractivity contribution in [2.75, 3.05) is 30.7 Å². The quantitative estimate of drug-likeness (QED) is 0.739. The number of anilines is 3. The molecule has 3 N–H and O–H groups in total. The number of carbonyl (C=O) groups is 1. The van der Waals surface area contributed by atoms with E-state index in [1.807, 2.05) is 26.8 Å². The van der Waals surface area contributed by atoms with Crippen molar-refractivity contribution in [2.24, 2.45) is 5.92 Å². The molecule has 3 heterocycles. The van der Waals surface area contributed by atoms with E-state index in [0.29, 0.717) is 48.7 Å². The van der Waals surface area contributed by atoms with Crippen molar-refractivity contribution in [3.05, 3.63) is 30.4 Å². The van der Waals surface area contributed by atoms with Gasteiger partial charge in [-0.05, 0) is 39.5 Å². The van der Waals surface area contributed by atoms with Gasteiger partial charge in [-0.15, -0.1) is 0 Å². The Balaban J connectivity index is 1.52. The Morgan fingerprint density at radius 2 is 1.94 bits per heavy atom. The second-order valence-electron chi connectivity index (χ2n) is 8.35. The highest BCUT2D eigenvalue weighted by atomic mass is 16.6. The van der Waals surface area contributed by atoms with Gasteiger partial charge >= 0.3 is 6.09 Å². The van der Waals surface area contributed by atoms with Crippen LogP contribution < -0.4 is 15.8 Å². The van der Waals surface area contributed by atoms with E-state index in [-0.39, 0.29) is 11.8 Å². The fourth-order valence-corrected chi connectivity index (χ4v) is 3.04. The van der Waals surface area contributed by atoms with Gasteiger partial charge in [-0.3, -0.25) is 0 Å². The zero-order chi connectivity index (χ0) is 22.4. The molecule has 10 heteroatoms. The Morgan fingerprint density at radius 1 is 1.23 bits per heavy atom. The standard InChI is InChI=1S/C21H27N7O3/c1-21(2,3)31-20(29)28-6-4-14(5-7-28)13-30-17-8-18(26-11-16(17)23)27-19-12-24-15(9-22)10-25-19/h8,10-12,14H,4-7,13,23H2,1-3H3,(H,25,26,27). The summed E-state index contributed by atoms with van der Waals surface area (Å²) in [6.07, 6.45) is 5.73. The lowest BCUT2D eigenvalue weighted by molar-refractivity contribution is 0.0165. The molecule has 0 atom stereocenters. The van der Waals surface area contributed by atoms with Crippen molar-refractivity contribution >= 4 is 23.4 Å². The second kappa shape index (κ2) is 9.47. The van der Waals surface area contributed by atoms with Crippen LogP contribution in [0.2, 0.25) is 0 Å².